The van der Waals surface area contributed by atoms with Crippen molar-refractivity contribution < 1.29 is 0 Å². The second-order valence-corrected chi connectivity index (χ2v) is 13.5. The first-order chi connectivity index (χ1) is 7.04. The molecule has 0 bridgehead atoms. The monoisotopic (exact) mass is 262 g/mol. The summed E-state index contributed by atoms with van der Waals surface area (Å²) in [4.78, 5) is 0. The van der Waals surface area contributed by atoms with Crippen LogP contribution in [0.3, 0.4) is 0 Å². The Kier molecular flexibility index (Phi) is 4.76. The molecule has 15 heavy (non-hydrogen) atoms. The van der Waals surface area contributed by atoms with E-state index < -0.39 is 16.5 Å². The number of nitrogens with zero attached hydrogens (tertiary/aromatic N) is 1. The fourth-order valence-electron chi connectivity index (χ4n) is 2.18. The van der Waals surface area contributed by atoms with Crippen LogP contribution in [-0.4, -0.2) is 16.5 Å². The first-order valence-corrected chi connectivity index (χ1v) is 9.51. The third-order valence-corrected chi connectivity index (χ3v) is 10.4. The second kappa shape index (κ2) is 5.63. The average Bonchev–Trinajstić information content (AvgIpc) is 2.18. The molecular weight excluding hydrogens is 242 g/mol. The van der Waals surface area contributed by atoms with E-state index in [0.29, 0.717) is 0 Å². The Hall–Kier alpha value is -0.384. The Balaban J connectivity index is 2.86. The number of para-hydroxylation sites is 1. The van der Waals surface area contributed by atoms with Crippen molar-refractivity contribution in [1.82, 2.24) is 0 Å². The van der Waals surface area contributed by atoms with Crippen molar-refractivity contribution in [2.75, 3.05) is 3.72 Å². The quantitative estimate of drug-likeness (QED) is 0.513. The van der Waals surface area contributed by atoms with E-state index in [1.165, 1.54) is 5.69 Å². The van der Waals surface area contributed by atoms with Gasteiger partial charge in [-0.2, -0.15) is 0 Å². The Labute approximate surface area is 98.7 Å². The van der Waals surface area contributed by atoms with Crippen LogP contribution in [0.15, 0.2) is 30.3 Å². The predicted octanol–water partition coefficient (Wildman–Crippen LogP) is 3.18. The molecule has 0 spiro atoms. The number of nitrogens with two attached hydrogens (primary N) is 1. The number of hydrogen-bond donors (Lipinski definition) is 1. The van der Waals surface area contributed by atoms with Crippen molar-refractivity contribution in [2.24, 2.45) is 5.84 Å². The van der Waals surface area contributed by atoms with E-state index in [4.69, 9.17) is 5.84 Å². The van der Waals surface area contributed by atoms with E-state index >= 15 is 0 Å². The van der Waals surface area contributed by atoms with Crippen molar-refractivity contribution in [3.05, 3.63) is 30.3 Å². The van der Waals surface area contributed by atoms with Crippen LogP contribution in [0.25, 0.3) is 0 Å². The molecule has 0 aliphatic carbocycles. The molecule has 0 unspecified atom stereocenters. The Bertz CT molecular complexity index is 277. The molecule has 0 aliphatic rings. The third-order valence-electron chi connectivity index (χ3n) is 2.74. The first-order valence-electron chi connectivity index (χ1n) is 5.63. The van der Waals surface area contributed by atoms with E-state index in [1.54, 1.807) is 0 Å². The normalized spacial score (nSPS) is 10.9. The summed E-state index contributed by atoms with van der Waals surface area (Å²) in [6.45, 7) is 9.20. The summed E-state index contributed by atoms with van der Waals surface area (Å²) in [7, 11) is 0. The maximum absolute atomic E-state index is 6.26. The number of anilines is 1. The summed E-state index contributed by atoms with van der Waals surface area (Å²) in [6, 6.07) is 10.3. The summed E-state index contributed by atoms with van der Waals surface area (Å²) in [6.07, 6.45) is 0. The van der Waals surface area contributed by atoms with Gasteiger partial charge in [0.25, 0.3) is 0 Å². The molecule has 1 aromatic carbocycles. The predicted molar refractivity (Wildman–Crippen MR) is 69.1 cm³/mol. The zero-order chi connectivity index (χ0) is 11.4. The molecule has 0 saturated carbocycles. The molecule has 0 fully saturated rings. The van der Waals surface area contributed by atoms with Crippen molar-refractivity contribution in [3.63, 3.8) is 0 Å². The van der Waals surface area contributed by atoms with Gasteiger partial charge in [-0.05, 0) is 0 Å². The van der Waals surface area contributed by atoms with Gasteiger partial charge in [0, 0.05) is 0 Å². The van der Waals surface area contributed by atoms with Gasteiger partial charge in [-0.1, -0.05) is 0 Å². The molecule has 0 amide bonds. The summed E-state index contributed by atoms with van der Waals surface area (Å²) in [5.41, 5.74) is 1.17. The molecule has 0 atom stereocenters. The SMILES string of the molecule is C[CH](C)[Ga]([CH](C)C)[N](N)c1ccccc1. The number of rotatable bonds is 4. The van der Waals surface area contributed by atoms with Crippen LogP contribution >= 0.6 is 0 Å². The van der Waals surface area contributed by atoms with Gasteiger partial charge in [-0.3, -0.25) is 0 Å². The van der Waals surface area contributed by atoms with Crippen LogP contribution in [0.1, 0.15) is 27.7 Å². The van der Waals surface area contributed by atoms with Gasteiger partial charge in [-0.15, -0.1) is 0 Å². The Morgan fingerprint density at radius 2 is 1.47 bits per heavy atom. The van der Waals surface area contributed by atoms with Gasteiger partial charge < -0.3 is 0 Å². The van der Waals surface area contributed by atoms with Gasteiger partial charge in [0.2, 0.25) is 0 Å². The number of hydrogen-bond acceptors (Lipinski definition) is 2. The number of hydrazine groups is 1. The van der Waals surface area contributed by atoms with Gasteiger partial charge >= 0.3 is 98.7 Å². The molecule has 2 nitrogen and oxygen atoms in total. The van der Waals surface area contributed by atoms with E-state index in [9.17, 15) is 0 Å². The zero-order valence-electron chi connectivity index (χ0n) is 10.1. The molecule has 3 heteroatoms. The van der Waals surface area contributed by atoms with Crippen LogP contribution < -0.4 is 9.56 Å². The summed E-state index contributed by atoms with van der Waals surface area (Å²) >= 11 is -1.61. The Morgan fingerprint density at radius 1 is 1.00 bits per heavy atom. The van der Waals surface area contributed by atoms with E-state index in [1.807, 2.05) is 6.07 Å². The van der Waals surface area contributed by atoms with Crippen LogP contribution in [0.5, 0.6) is 0 Å². The number of benzene rings is 1. The topological polar surface area (TPSA) is 29.3 Å². The van der Waals surface area contributed by atoms with Gasteiger partial charge in [0.1, 0.15) is 0 Å². The molecule has 1 rings (SSSR count). The molecule has 0 aliphatic heterocycles. The van der Waals surface area contributed by atoms with Gasteiger partial charge in [0.15, 0.2) is 0 Å². The zero-order valence-corrected chi connectivity index (χ0v) is 12.6. The standard InChI is InChI=1S/C6H7N2.2C3H7.Ga/c7-8-6-4-2-1-3-5-6;2*1-3-2;/h1-5H,7H2;2*3H,1-2H3;/q-1;;;+1. The second-order valence-electron chi connectivity index (χ2n) is 4.72. The van der Waals surface area contributed by atoms with Crippen molar-refractivity contribution in [3.8, 4) is 0 Å². The molecule has 0 heterocycles. The molecule has 1 aromatic rings. The molecule has 0 aromatic heterocycles. The summed E-state index contributed by atoms with van der Waals surface area (Å²) in [5.74, 6) is 6.26. The van der Waals surface area contributed by atoms with Gasteiger partial charge in [-0.25, -0.2) is 0 Å². The van der Waals surface area contributed by atoms with E-state index in [2.05, 4.69) is 55.7 Å². The molecule has 82 valence electrons. The average molecular weight is 263 g/mol. The first kappa shape index (κ1) is 12.7. The van der Waals surface area contributed by atoms with E-state index in [0.717, 1.165) is 8.94 Å². The van der Waals surface area contributed by atoms with Crippen molar-refractivity contribution in [2.45, 2.75) is 36.6 Å². The van der Waals surface area contributed by atoms with Crippen LogP contribution in [-0.2, 0) is 0 Å². The molecular formula is C12H21GaN2. The Morgan fingerprint density at radius 3 is 1.87 bits per heavy atom. The van der Waals surface area contributed by atoms with Crippen LogP contribution in [0, 0.1) is 0 Å². The molecule has 0 radical (unpaired) electrons. The fourth-order valence-corrected chi connectivity index (χ4v) is 9.19. The summed E-state index contributed by atoms with van der Waals surface area (Å²) in [5, 5.41) is 0. The van der Waals surface area contributed by atoms with Gasteiger partial charge in [0.05, 0.1) is 0 Å². The fraction of sp³-hybridized carbons (Fsp3) is 0.500. The van der Waals surface area contributed by atoms with Crippen molar-refractivity contribution >= 4 is 22.1 Å². The van der Waals surface area contributed by atoms with Crippen LogP contribution in [0.4, 0.5) is 5.69 Å². The molecule has 2 N–H and O–H groups in total. The minimum atomic E-state index is -1.61. The summed E-state index contributed by atoms with van der Waals surface area (Å²) < 4.78 is 3.56. The van der Waals surface area contributed by atoms with Crippen LogP contribution in [0.2, 0.25) is 8.94 Å². The maximum atomic E-state index is 6.26. The third kappa shape index (κ3) is 3.29. The van der Waals surface area contributed by atoms with Crippen molar-refractivity contribution in [1.29, 1.82) is 0 Å². The van der Waals surface area contributed by atoms with E-state index in [-0.39, 0.29) is 0 Å². The molecule has 0 saturated heterocycles. The minimum absolute atomic E-state index is 0.739.